The molecular formula is C33H34I2N4O4. The third kappa shape index (κ3) is 5.65. The molecule has 6 rings (SSSR count). The first-order valence-electron chi connectivity index (χ1n) is 14.4. The molecule has 0 bridgehead atoms. The number of carbonyl (C=O) groups is 1. The zero-order valence-electron chi connectivity index (χ0n) is 24.2. The predicted octanol–water partition coefficient (Wildman–Crippen LogP) is 5.82. The Morgan fingerprint density at radius 1 is 1.05 bits per heavy atom. The molecule has 1 fully saturated rings. The van der Waals surface area contributed by atoms with Crippen molar-refractivity contribution in [3.05, 3.63) is 109 Å². The number of aliphatic hydroxyl groups excluding tert-OH is 1. The third-order valence-electron chi connectivity index (χ3n) is 8.79. The molecule has 1 aromatic heterocycles. The van der Waals surface area contributed by atoms with E-state index in [1.54, 1.807) is 24.7 Å². The van der Waals surface area contributed by atoms with E-state index in [2.05, 4.69) is 73.7 Å². The number of aliphatic hydroxyl groups is 2. The van der Waals surface area contributed by atoms with Gasteiger partial charge in [-0.05, 0) is 107 Å². The van der Waals surface area contributed by atoms with Gasteiger partial charge in [0.15, 0.2) is 5.60 Å². The Kier molecular flexibility index (Phi) is 8.44. The van der Waals surface area contributed by atoms with Crippen LogP contribution in [0.5, 0.6) is 0 Å². The summed E-state index contributed by atoms with van der Waals surface area (Å²) in [5.74, 6) is -0.713. The number of halogens is 2. The molecule has 224 valence electrons. The number of amides is 1. The molecule has 2 aliphatic heterocycles. The maximum atomic E-state index is 14.5. The number of rotatable bonds is 8. The van der Waals surface area contributed by atoms with Crippen LogP contribution in [0.3, 0.4) is 0 Å². The molecule has 1 amide bonds. The summed E-state index contributed by atoms with van der Waals surface area (Å²) in [6.07, 6.45) is 0.953. The van der Waals surface area contributed by atoms with E-state index in [4.69, 9.17) is 4.74 Å². The molecule has 4 aromatic rings. The first-order chi connectivity index (χ1) is 20.5. The first-order valence-corrected chi connectivity index (χ1v) is 16.5. The van der Waals surface area contributed by atoms with Crippen molar-refractivity contribution in [2.45, 2.75) is 63.7 Å². The van der Waals surface area contributed by atoms with E-state index in [0.29, 0.717) is 25.2 Å². The second kappa shape index (κ2) is 11.8. The molecule has 0 radical (unpaired) electrons. The molecule has 2 N–H and O–H groups in total. The number of aryl methyl sites for hydroxylation is 1. The summed E-state index contributed by atoms with van der Waals surface area (Å²) < 4.78 is 10.8. The van der Waals surface area contributed by atoms with Crippen molar-refractivity contribution in [3.8, 4) is 0 Å². The Morgan fingerprint density at radius 3 is 2.44 bits per heavy atom. The van der Waals surface area contributed by atoms with E-state index in [1.807, 2.05) is 66.4 Å². The number of ether oxygens (including phenoxy) is 1. The maximum Gasteiger partial charge on any atom is 0.264 e. The highest BCUT2D eigenvalue weighted by molar-refractivity contribution is 14.1. The zero-order valence-corrected chi connectivity index (χ0v) is 28.5. The monoisotopic (exact) mass is 804 g/mol. The molecule has 2 aliphatic rings. The lowest BCUT2D eigenvalue weighted by atomic mass is 9.71. The van der Waals surface area contributed by atoms with Crippen molar-refractivity contribution < 1.29 is 19.7 Å². The van der Waals surface area contributed by atoms with Gasteiger partial charge in [-0.15, -0.1) is 5.10 Å². The van der Waals surface area contributed by atoms with Crippen LogP contribution in [0.4, 0.5) is 5.69 Å². The Balaban J connectivity index is 1.29. The number of nitrogens with zero attached hydrogens (tertiary/aromatic N) is 4. The van der Waals surface area contributed by atoms with E-state index < -0.39 is 23.4 Å². The number of anilines is 1. The fourth-order valence-corrected chi connectivity index (χ4v) is 7.71. The van der Waals surface area contributed by atoms with Gasteiger partial charge in [-0.1, -0.05) is 54.6 Å². The van der Waals surface area contributed by atoms with Gasteiger partial charge in [-0.2, -0.15) is 0 Å². The van der Waals surface area contributed by atoms with E-state index in [9.17, 15) is 15.0 Å². The third-order valence-corrected chi connectivity index (χ3v) is 10.2. The number of hydrogen-bond acceptors (Lipinski definition) is 6. The predicted molar refractivity (Wildman–Crippen MR) is 180 cm³/mol. The molecule has 0 aliphatic carbocycles. The van der Waals surface area contributed by atoms with Gasteiger partial charge >= 0.3 is 0 Å². The summed E-state index contributed by atoms with van der Waals surface area (Å²) >= 11 is 4.56. The minimum absolute atomic E-state index is 0.0960. The highest BCUT2D eigenvalue weighted by Crippen LogP contribution is 2.58. The van der Waals surface area contributed by atoms with Crippen LogP contribution in [-0.4, -0.2) is 42.8 Å². The van der Waals surface area contributed by atoms with Gasteiger partial charge in [0.2, 0.25) is 0 Å². The highest BCUT2D eigenvalue weighted by Gasteiger charge is 2.65. The molecule has 5 atom stereocenters. The minimum Gasteiger partial charge on any atom is -0.390 e. The van der Waals surface area contributed by atoms with Crippen molar-refractivity contribution in [3.63, 3.8) is 0 Å². The molecule has 0 saturated carbocycles. The second-order valence-corrected chi connectivity index (χ2v) is 14.5. The fourth-order valence-electron chi connectivity index (χ4n) is 6.86. The summed E-state index contributed by atoms with van der Waals surface area (Å²) in [4.78, 5) is 16.4. The zero-order chi connectivity index (χ0) is 30.5. The Bertz CT molecular complexity index is 1620. The van der Waals surface area contributed by atoms with Gasteiger partial charge in [0.25, 0.3) is 5.91 Å². The SMILES string of the molecule is C[C@@H]1[C@@H](C(C)(C)O)[C@H](CCn2cc([C@H](O)c3ccccc3)nn2)O[C@@]12C(=O)N(Cc1ccc(I)cc1)c1ccc(I)cc12. The van der Waals surface area contributed by atoms with E-state index in [1.165, 1.54) is 0 Å². The highest BCUT2D eigenvalue weighted by atomic mass is 127. The van der Waals surface area contributed by atoms with Gasteiger partial charge in [-0.25, -0.2) is 0 Å². The van der Waals surface area contributed by atoms with Crippen molar-refractivity contribution in [2.24, 2.45) is 11.8 Å². The molecule has 0 unspecified atom stereocenters. The lowest BCUT2D eigenvalue weighted by Gasteiger charge is -2.34. The summed E-state index contributed by atoms with van der Waals surface area (Å²) in [7, 11) is 0. The molecule has 1 spiro atoms. The maximum absolute atomic E-state index is 14.5. The van der Waals surface area contributed by atoms with Gasteiger partial charge in [0.05, 0.1) is 30.1 Å². The van der Waals surface area contributed by atoms with Crippen LogP contribution in [0.1, 0.15) is 55.7 Å². The van der Waals surface area contributed by atoms with Crippen molar-refractivity contribution in [1.82, 2.24) is 15.0 Å². The molecule has 8 nitrogen and oxygen atoms in total. The number of aromatic nitrogens is 3. The van der Waals surface area contributed by atoms with Gasteiger partial charge < -0.3 is 19.8 Å². The summed E-state index contributed by atoms with van der Waals surface area (Å²) in [6, 6.07) is 23.6. The Hall–Kier alpha value is -2.39. The second-order valence-electron chi connectivity index (χ2n) is 12.0. The van der Waals surface area contributed by atoms with Crippen LogP contribution >= 0.6 is 45.2 Å². The quantitative estimate of drug-likeness (QED) is 0.218. The Labute approximate surface area is 278 Å². The lowest BCUT2D eigenvalue weighted by Crippen LogP contribution is -2.46. The van der Waals surface area contributed by atoms with Crippen molar-refractivity contribution in [1.29, 1.82) is 0 Å². The summed E-state index contributed by atoms with van der Waals surface area (Å²) in [5.41, 5.74) is 1.63. The normalized spacial score (nSPS) is 24.1. The number of fused-ring (bicyclic) bond motifs is 2. The smallest absolute Gasteiger partial charge is 0.264 e. The van der Waals surface area contributed by atoms with Crippen LogP contribution in [0.15, 0.2) is 79.0 Å². The minimum atomic E-state index is -1.22. The number of carbonyl (C=O) groups excluding carboxylic acids is 1. The summed E-state index contributed by atoms with van der Waals surface area (Å²) in [5, 5.41) is 30.7. The van der Waals surface area contributed by atoms with Crippen LogP contribution < -0.4 is 4.90 Å². The summed E-state index contributed by atoms with van der Waals surface area (Å²) in [6.45, 7) is 6.51. The largest absolute Gasteiger partial charge is 0.390 e. The Morgan fingerprint density at radius 2 is 1.74 bits per heavy atom. The van der Waals surface area contributed by atoms with Crippen LogP contribution in [0.25, 0.3) is 0 Å². The van der Waals surface area contributed by atoms with E-state index in [0.717, 1.165) is 29.5 Å². The van der Waals surface area contributed by atoms with E-state index >= 15 is 0 Å². The van der Waals surface area contributed by atoms with Crippen LogP contribution in [-0.2, 0) is 28.2 Å². The van der Waals surface area contributed by atoms with Crippen LogP contribution in [0, 0.1) is 19.0 Å². The first kappa shape index (κ1) is 30.6. The fraction of sp³-hybridized carbons (Fsp3) is 0.364. The number of benzene rings is 3. The number of hydrogen-bond donors (Lipinski definition) is 2. The average Bonchev–Trinajstić information content (AvgIpc) is 3.64. The topological polar surface area (TPSA) is 101 Å². The molecule has 10 heteroatoms. The lowest BCUT2D eigenvalue weighted by molar-refractivity contribution is -0.146. The van der Waals surface area contributed by atoms with Crippen molar-refractivity contribution >= 4 is 56.8 Å². The van der Waals surface area contributed by atoms with Crippen LogP contribution in [0.2, 0.25) is 0 Å². The van der Waals surface area contributed by atoms with Gasteiger partial charge in [0.1, 0.15) is 11.8 Å². The molecule has 3 aromatic carbocycles. The van der Waals surface area contributed by atoms with E-state index in [-0.39, 0.29) is 17.7 Å². The molecule has 1 saturated heterocycles. The molecule has 3 heterocycles. The average molecular weight is 804 g/mol. The van der Waals surface area contributed by atoms with Gasteiger partial charge in [-0.3, -0.25) is 9.48 Å². The standard InChI is InChI=1S/C33H34I2N4O4/c1-20-29(32(2,3)42)28(15-16-38-19-26(36-37-38)30(40)22-7-5-4-6-8-22)43-33(20)25-17-24(35)13-14-27(25)39(31(33)41)18-21-9-11-23(34)12-10-21/h4-14,17,19-20,28-30,40,42H,15-16,18H2,1-3H3/t20-,28+,29-,30-,33+/m1/s1. The molecular weight excluding hydrogens is 770 g/mol. The van der Waals surface area contributed by atoms with Gasteiger partial charge in [0, 0.05) is 31.1 Å². The van der Waals surface area contributed by atoms with Crippen molar-refractivity contribution in [2.75, 3.05) is 4.90 Å². The molecule has 43 heavy (non-hydrogen) atoms.